The van der Waals surface area contributed by atoms with Crippen LogP contribution < -0.4 is 5.32 Å². The zero-order valence-corrected chi connectivity index (χ0v) is 17.5. The molecule has 0 heterocycles. The topological polar surface area (TPSA) is 12.0 Å². The summed E-state index contributed by atoms with van der Waals surface area (Å²) < 4.78 is 108. The van der Waals surface area contributed by atoms with Gasteiger partial charge < -0.3 is 5.32 Å². The molecular formula is C21H20ClF8N. The number of hydrogen-bond donors (Lipinski definition) is 1. The van der Waals surface area contributed by atoms with Crippen LogP contribution in [0, 0.1) is 18.6 Å². The average molecular weight is 474 g/mol. The van der Waals surface area contributed by atoms with Crippen molar-refractivity contribution in [2.75, 3.05) is 0 Å². The first-order valence-electron chi connectivity index (χ1n) is 9.14. The summed E-state index contributed by atoms with van der Waals surface area (Å²) in [5, 5.41) is 1.26. The van der Waals surface area contributed by atoms with Crippen molar-refractivity contribution in [3.8, 4) is 0 Å². The van der Waals surface area contributed by atoms with Gasteiger partial charge in [0.25, 0.3) is 0 Å². The molecule has 31 heavy (non-hydrogen) atoms. The van der Waals surface area contributed by atoms with Crippen LogP contribution in [-0.4, -0.2) is 12.2 Å². The molecule has 2 aromatic carbocycles. The summed E-state index contributed by atoms with van der Waals surface area (Å²) >= 11 is 5.49. The minimum Gasteiger partial charge on any atom is -0.302 e. The van der Waals surface area contributed by atoms with Crippen molar-refractivity contribution in [2.45, 2.75) is 57.5 Å². The molecule has 2 rings (SSSR count). The molecule has 0 amide bonds. The van der Waals surface area contributed by atoms with Crippen LogP contribution in [0.5, 0.6) is 0 Å². The molecule has 0 saturated heterocycles. The fourth-order valence-corrected chi connectivity index (χ4v) is 3.66. The molecule has 0 aliphatic rings. The van der Waals surface area contributed by atoms with E-state index in [1.165, 1.54) is 26.0 Å². The van der Waals surface area contributed by atoms with Crippen molar-refractivity contribution in [3.05, 3.63) is 69.2 Å². The third-order valence-corrected chi connectivity index (χ3v) is 5.28. The second-order valence-electron chi connectivity index (χ2n) is 7.95. The second kappa shape index (κ2) is 8.94. The van der Waals surface area contributed by atoms with Gasteiger partial charge in [0.05, 0.1) is 10.6 Å². The van der Waals surface area contributed by atoms with E-state index in [4.69, 9.17) is 11.6 Å². The SMILES string of the molecule is Cc1ccc(F)cc1C(C)(C)CC(NCc1cc(C(F)(F)F)cc(Cl)c1F)C(F)(F)F. The monoisotopic (exact) mass is 473 g/mol. The Hall–Kier alpha value is -1.87. The maximum atomic E-state index is 14.2. The van der Waals surface area contributed by atoms with Gasteiger partial charge in [0.2, 0.25) is 0 Å². The number of hydrogen-bond acceptors (Lipinski definition) is 1. The minimum atomic E-state index is -4.84. The Bertz CT molecular complexity index is 934. The molecule has 0 aliphatic heterocycles. The number of nitrogens with one attached hydrogen (secondary N) is 1. The molecule has 0 aromatic heterocycles. The highest BCUT2D eigenvalue weighted by molar-refractivity contribution is 6.30. The van der Waals surface area contributed by atoms with Gasteiger partial charge in [-0.25, -0.2) is 8.78 Å². The van der Waals surface area contributed by atoms with Crippen LogP contribution in [0.3, 0.4) is 0 Å². The Balaban J connectivity index is 2.32. The van der Waals surface area contributed by atoms with Crippen molar-refractivity contribution in [3.63, 3.8) is 0 Å². The van der Waals surface area contributed by atoms with E-state index < -0.39 is 64.6 Å². The normalized spacial score (nSPS) is 14.1. The van der Waals surface area contributed by atoms with Crippen molar-refractivity contribution < 1.29 is 35.1 Å². The fraction of sp³-hybridized carbons (Fsp3) is 0.429. The quantitative estimate of drug-likeness (QED) is 0.433. The number of rotatable bonds is 6. The maximum Gasteiger partial charge on any atom is 0.416 e. The van der Waals surface area contributed by atoms with Crippen molar-refractivity contribution in [1.29, 1.82) is 0 Å². The van der Waals surface area contributed by atoms with Gasteiger partial charge in [-0.3, -0.25) is 0 Å². The maximum absolute atomic E-state index is 14.2. The molecule has 172 valence electrons. The molecule has 0 saturated carbocycles. The lowest BCUT2D eigenvalue weighted by atomic mass is 9.77. The zero-order chi connectivity index (χ0) is 23.8. The first-order valence-corrected chi connectivity index (χ1v) is 9.52. The third kappa shape index (κ3) is 6.32. The summed E-state index contributed by atoms with van der Waals surface area (Å²) in [5.74, 6) is -1.84. The lowest BCUT2D eigenvalue weighted by Crippen LogP contribution is -2.45. The molecule has 1 N–H and O–H groups in total. The second-order valence-corrected chi connectivity index (χ2v) is 8.36. The van der Waals surface area contributed by atoms with Crippen LogP contribution in [-0.2, 0) is 18.1 Å². The lowest BCUT2D eigenvalue weighted by Gasteiger charge is -2.33. The van der Waals surface area contributed by atoms with Gasteiger partial charge in [0.15, 0.2) is 0 Å². The highest BCUT2D eigenvalue weighted by Crippen LogP contribution is 2.37. The first kappa shape index (κ1) is 25.4. The summed E-state index contributed by atoms with van der Waals surface area (Å²) in [4.78, 5) is 0. The summed E-state index contributed by atoms with van der Waals surface area (Å²) in [6.45, 7) is 3.79. The van der Waals surface area contributed by atoms with Crippen molar-refractivity contribution >= 4 is 11.6 Å². The number of halogens is 9. The first-order chi connectivity index (χ1) is 14.0. The van der Waals surface area contributed by atoms with E-state index >= 15 is 0 Å². The smallest absolute Gasteiger partial charge is 0.302 e. The minimum absolute atomic E-state index is 0.358. The van der Waals surface area contributed by atoms with E-state index in [2.05, 4.69) is 5.32 Å². The Labute approximate surface area is 179 Å². The van der Waals surface area contributed by atoms with Crippen molar-refractivity contribution in [2.24, 2.45) is 0 Å². The number of benzene rings is 2. The van der Waals surface area contributed by atoms with Gasteiger partial charge in [-0.15, -0.1) is 0 Å². The van der Waals surface area contributed by atoms with Crippen LogP contribution in [0.15, 0.2) is 30.3 Å². The molecule has 1 atom stereocenters. The summed E-state index contributed by atoms with van der Waals surface area (Å²) in [6.07, 6.45) is -10.2. The van der Waals surface area contributed by atoms with Gasteiger partial charge in [0, 0.05) is 12.1 Å². The summed E-state index contributed by atoms with van der Waals surface area (Å²) in [7, 11) is 0. The Morgan fingerprint density at radius 3 is 2.13 bits per heavy atom. The molecular weight excluding hydrogens is 454 g/mol. The van der Waals surface area contributed by atoms with Gasteiger partial charge in [0.1, 0.15) is 17.7 Å². The molecule has 2 aromatic rings. The van der Waals surface area contributed by atoms with Gasteiger partial charge >= 0.3 is 12.4 Å². The molecule has 0 fully saturated rings. The molecule has 0 spiro atoms. The summed E-state index contributed by atoms with van der Waals surface area (Å²) in [5.41, 5.74) is -2.12. The third-order valence-electron chi connectivity index (χ3n) is 5.01. The lowest BCUT2D eigenvalue weighted by molar-refractivity contribution is -0.160. The van der Waals surface area contributed by atoms with Crippen LogP contribution in [0.4, 0.5) is 35.1 Å². The van der Waals surface area contributed by atoms with Gasteiger partial charge in [-0.2, -0.15) is 26.3 Å². The highest BCUT2D eigenvalue weighted by atomic mass is 35.5. The van der Waals surface area contributed by atoms with Crippen LogP contribution >= 0.6 is 11.6 Å². The van der Waals surface area contributed by atoms with E-state index in [0.717, 1.165) is 6.07 Å². The van der Waals surface area contributed by atoms with E-state index in [9.17, 15) is 35.1 Å². The van der Waals surface area contributed by atoms with Crippen LogP contribution in [0.1, 0.15) is 42.5 Å². The predicted octanol–water partition coefficient (Wildman–Crippen LogP) is 7.33. The van der Waals surface area contributed by atoms with Gasteiger partial charge in [-0.05, 0) is 54.2 Å². The molecule has 1 nitrogen and oxygen atoms in total. The largest absolute Gasteiger partial charge is 0.416 e. The molecule has 10 heteroatoms. The van der Waals surface area contributed by atoms with E-state index in [1.807, 2.05) is 0 Å². The van der Waals surface area contributed by atoms with E-state index in [1.54, 1.807) is 6.92 Å². The predicted molar refractivity (Wildman–Crippen MR) is 102 cm³/mol. The standard InChI is InChI=1S/C21H20ClF8N/c1-11-4-5-14(23)8-15(11)19(2,3)9-17(21(28,29)30)31-10-12-6-13(20(25,26)27)7-16(22)18(12)24/h4-8,17,31H,9-10H2,1-3H3. The Kier molecular flexibility index (Phi) is 7.32. The average Bonchev–Trinajstić information content (AvgIpc) is 2.61. The number of aryl methyl sites for hydroxylation is 1. The highest BCUT2D eigenvalue weighted by Gasteiger charge is 2.43. The molecule has 0 radical (unpaired) electrons. The van der Waals surface area contributed by atoms with E-state index in [-0.39, 0.29) is 0 Å². The molecule has 0 aliphatic carbocycles. The summed E-state index contributed by atoms with van der Waals surface area (Å²) in [6, 6.07) is 2.38. The van der Waals surface area contributed by atoms with Crippen LogP contribution in [0.25, 0.3) is 0 Å². The van der Waals surface area contributed by atoms with E-state index in [0.29, 0.717) is 23.3 Å². The Morgan fingerprint density at radius 1 is 0.968 bits per heavy atom. The zero-order valence-electron chi connectivity index (χ0n) is 16.8. The van der Waals surface area contributed by atoms with Crippen LogP contribution in [0.2, 0.25) is 5.02 Å². The molecule has 1 unspecified atom stereocenters. The number of alkyl halides is 6. The van der Waals surface area contributed by atoms with Gasteiger partial charge in [-0.1, -0.05) is 31.5 Å². The van der Waals surface area contributed by atoms with Crippen molar-refractivity contribution in [1.82, 2.24) is 5.32 Å². The Morgan fingerprint density at radius 2 is 1.58 bits per heavy atom. The molecule has 0 bridgehead atoms. The fourth-order valence-electron chi connectivity index (χ4n) is 3.42.